The molecule has 58 valence electrons. The van der Waals surface area contributed by atoms with Gasteiger partial charge in [0, 0.05) is 5.70 Å². The van der Waals surface area contributed by atoms with Gasteiger partial charge in [-0.3, -0.25) is 0 Å². The molecule has 0 spiro atoms. The van der Waals surface area contributed by atoms with Crippen LogP contribution in [-0.4, -0.2) is 3.91 Å². The van der Waals surface area contributed by atoms with E-state index in [2.05, 4.69) is 21.2 Å². The standard InChI is InChI=1S/C7H6BrClN2/c1-5-2-3-6(4-10)7(8,9)11-5/h2-3,11H,1H3. The summed E-state index contributed by atoms with van der Waals surface area (Å²) >= 11 is 9.09. The first-order valence-electron chi connectivity index (χ1n) is 3.01. The Morgan fingerprint density at radius 3 is 2.82 bits per heavy atom. The van der Waals surface area contributed by atoms with E-state index in [0.717, 1.165) is 5.70 Å². The Morgan fingerprint density at radius 1 is 1.73 bits per heavy atom. The average molecular weight is 233 g/mol. The van der Waals surface area contributed by atoms with Crippen LogP contribution in [0.15, 0.2) is 23.4 Å². The number of nitriles is 1. The van der Waals surface area contributed by atoms with Crippen molar-refractivity contribution < 1.29 is 0 Å². The molecule has 0 radical (unpaired) electrons. The molecule has 0 saturated carbocycles. The van der Waals surface area contributed by atoms with Crippen LogP contribution < -0.4 is 5.32 Å². The van der Waals surface area contributed by atoms with Crippen LogP contribution in [0, 0.1) is 11.3 Å². The lowest BCUT2D eigenvalue weighted by Crippen LogP contribution is -2.35. The van der Waals surface area contributed by atoms with Crippen molar-refractivity contribution >= 4 is 27.5 Å². The van der Waals surface area contributed by atoms with Crippen LogP contribution >= 0.6 is 27.5 Å². The van der Waals surface area contributed by atoms with Crippen LogP contribution in [0.25, 0.3) is 0 Å². The zero-order valence-corrected chi connectivity index (χ0v) is 8.20. The van der Waals surface area contributed by atoms with Crippen LogP contribution in [0.2, 0.25) is 0 Å². The third-order valence-electron chi connectivity index (χ3n) is 1.31. The molecule has 0 aliphatic carbocycles. The van der Waals surface area contributed by atoms with E-state index in [-0.39, 0.29) is 0 Å². The number of nitrogens with zero attached hydrogens (tertiary/aromatic N) is 1. The molecule has 1 N–H and O–H groups in total. The number of hydrogen-bond acceptors (Lipinski definition) is 2. The Hall–Kier alpha value is -0.460. The van der Waals surface area contributed by atoms with E-state index in [1.165, 1.54) is 0 Å². The van der Waals surface area contributed by atoms with E-state index in [9.17, 15) is 0 Å². The van der Waals surface area contributed by atoms with E-state index in [4.69, 9.17) is 16.9 Å². The van der Waals surface area contributed by atoms with Crippen molar-refractivity contribution in [2.45, 2.75) is 10.8 Å². The maximum atomic E-state index is 8.61. The monoisotopic (exact) mass is 232 g/mol. The van der Waals surface area contributed by atoms with Gasteiger partial charge in [0.25, 0.3) is 0 Å². The van der Waals surface area contributed by atoms with Gasteiger partial charge in [-0.1, -0.05) is 11.6 Å². The van der Waals surface area contributed by atoms with Crippen LogP contribution in [-0.2, 0) is 0 Å². The molecule has 0 aromatic carbocycles. The summed E-state index contributed by atoms with van der Waals surface area (Å²) in [6.45, 7) is 1.88. The smallest absolute Gasteiger partial charge is 0.204 e. The maximum absolute atomic E-state index is 8.61. The minimum absolute atomic E-state index is 0.463. The highest BCUT2D eigenvalue weighted by Gasteiger charge is 2.30. The van der Waals surface area contributed by atoms with Gasteiger partial charge in [0.15, 0.2) is 0 Å². The quantitative estimate of drug-likeness (QED) is 0.514. The van der Waals surface area contributed by atoms with Crippen molar-refractivity contribution in [3.63, 3.8) is 0 Å². The van der Waals surface area contributed by atoms with E-state index < -0.39 is 3.91 Å². The predicted molar refractivity (Wildman–Crippen MR) is 48.1 cm³/mol. The van der Waals surface area contributed by atoms with Crippen molar-refractivity contribution in [3.05, 3.63) is 23.4 Å². The molecule has 1 heterocycles. The van der Waals surface area contributed by atoms with Crippen LogP contribution in [0.5, 0.6) is 0 Å². The molecule has 1 atom stereocenters. The van der Waals surface area contributed by atoms with Gasteiger partial charge >= 0.3 is 0 Å². The van der Waals surface area contributed by atoms with E-state index in [1.54, 1.807) is 12.2 Å². The first-order valence-corrected chi connectivity index (χ1v) is 4.18. The van der Waals surface area contributed by atoms with E-state index >= 15 is 0 Å². The van der Waals surface area contributed by atoms with Crippen molar-refractivity contribution in [1.29, 1.82) is 5.26 Å². The number of hydrogen-bond donors (Lipinski definition) is 1. The second-order valence-electron chi connectivity index (χ2n) is 2.24. The molecule has 1 aliphatic heterocycles. The fraction of sp³-hybridized carbons (Fsp3) is 0.286. The third kappa shape index (κ3) is 1.76. The number of allylic oxidation sites excluding steroid dienone is 3. The van der Waals surface area contributed by atoms with Gasteiger partial charge in [-0.15, -0.1) is 0 Å². The Bertz CT molecular complexity index is 273. The van der Waals surface area contributed by atoms with Crippen molar-refractivity contribution in [1.82, 2.24) is 5.32 Å². The molecule has 2 nitrogen and oxygen atoms in total. The van der Waals surface area contributed by atoms with Gasteiger partial charge in [0.1, 0.15) is 0 Å². The number of dihydropyridines is 1. The second-order valence-corrected chi connectivity index (χ2v) is 4.45. The first kappa shape index (κ1) is 8.63. The van der Waals surface area contributed by atoms with E-state index in [1.807, 2.05) is 13.0 Å². The zero-order valence-electron chi connectivity index (χ0n) is 5.86. The number of rotatable bonds is 0. The molecule has 1 unspecified atom stereocenters. The summed E-state index contributed by atoms with van der Waals surface area (Å²) in [6.07, 6.45) is 3.49. The lowest BCUT2D eigenvalue weighted by Gasteiger charge is -2.25. The highest BCUT2D eigenvalue weighted by molar-refractivity contribution is 9.10. The Labute approximate surface area is 78.7 Å². The van der Waals surface area contributed by atoms with Crippen molar-refractivity contribution in [2.24, 2.45) is 0 Å². The van der Waals surface area contributed by atoms with Gasteiger partial charge in [-0.25, -0.2) is 0 Å². The van der Waals surface area contributed by atoms with Gasteiger partial charge in [-0.05, 0) is 35.0 Å². The summed E-state index contributed by atoms with van der Waals surface area (Å²) in [5.74, 6) is 0. The lowest BCUT2D eigenvalue weighted by molar-refractivity contribution is 0.776. The van der Waals surface area contributed by atoms with E-state index in [0.29, 0.717) is 5.57 Å². The van der Waals surface area contributed by atoms with Gasteiger partial charge in [0.2, 0.25) is 3.91 Å². The fourth-order valence-electron chi connectivity index (χ4n) is 0.777. The fourth-order valence-corrected chi connectivity index (χ4v) is 1.56. The summed E-state index contributed by atoms with van der Waals surface area (Å²) in [5, 5.41) is 11.5. The lowest BCUT2D eigenvalue weighted by atomic mass is 10.2. The Kier molecular flexibility index (Phi) is 2.26. The molecule has 4 heteroatoms. The molecule has 0 fully saturated rings. The summed E-state index contributed by atoms with van der Waals surface area (Å²) in [6, 6.07) is 1.99. The molecule has 1 rings (SSSR count). The van der Waals surface area contributed by atoms with Crippen molar-refractivity contribution in [3.8, 4) is 6.07 Å². The van der Waals surface area contributed by atoms with Crippen molar-refractivity contribution in [2.75, 3.05) is 0 Å². The summed E-state index contributed by atoms with van der Waals surface area (Å²) in [5.41, 5.74) is 1.39. The Morgan fingerprint density at radius 2 is 2.36 bits per heavy atom. The minimum atomic E-state index is -0.916. The largest absolute Gasteiger partial charge is 0.357 e. The predicted octanol–water partition coefficient (Wildman–Crippen LogP) is 2.23. The SMILES string of the molecule is CC1=CC=C(C#N)C(Cl)(Br)N1. The average Bonchev–Trinajstić information content (AvgIpc) is 1.85. The molecule has 0 bridgehead atoms. The topological polar surface area (TPSA) is 35.8 Å². The molecule has 1 aliphatic rings. The molecule has 11 heavy (non-hydrogen) atoms. The first-order chi connectivity index (χ1) is 5.06. The van der Waals surface area contributed by atoms with Gasteiger partial charge in [-0.2, -0.15) is 5.26 Å². The normalized spacial score (nSPS) is 29.6. The summed E-state index contributed by atoms with van der Waals surface area (Å²) < 4.78 is -0.916. The third-order valence-corrected chi connectivity index (χ3v) is 2.24. The zero-order chi connectivity index (χ0) is 8.48. The molecule has 0 aromatic heterocycles. The summed E-state index contributed by atoms with van der Waals surface area (Å²) in [7, 11) is 0. The molecule has 0 aromatic rings. The van der Waals surface area contributed by atoms with Gasteiger partial charge < -0.3 is 5.32 Å². The maximum Gasteiger partial charge on any atom is 0.204 e. The Balaban J connectivity index is 3.01. The second kappa shape index (κ2) is 2.88. The highest BCUT2D eigenvalue weighted by atomic mass is 79.9. The number of nitrogens with one attached hydrogen (secondary N) is 1. The number of alkyl halides is 2. The molecule has 0 amide bonds. The van der Waals surface area contributed by atoms with Crippen LogP contribution in [0.1, 0.15) is 6.92 Å². The van der Waals surface area contributed by atoms with Crippen LogP contribution in [0.4, 0.5) is 0 Å². The minimum Gasteiger partial charge on any atom is -0.357 e. The highest BCUT2D eigenvalue weighted by Crippen LogP contribution is 2.32. The molecule has 0 saturated heterocycles. The number of halogens is 2. The van der Waals surface area contributed by atoms with Gasteiger partial charge in [0.05, 0.1) is 11.6 Å². The molecular weight excluding hydrogens is 227 g/mol. The van der Waals surface area contributed by atoms with Crippen LogP contribution in [0.3, 0.4) is 0 Å². The molecular formula is C7H6BrClN2. The summed E-state index contributed by atoms with van der Waals surface area (Å²) in [4.78, 5) is 0.